The number of pyridine rings is 1. The van der Waals surface area contributed by atoms with Crippen molar-refractivity contribution in [1.82, 2.24) is 24.6 Å². The first-order valence-corrected chi connectivity index (χ1v) is 7.83. The average molecular weight is 323 g/mol. The Hall–Kier alpha value is -2.73. The number of hydrogen-bond acceptors (Lipinski definition) is 5. The Kier molecular flexibility index (Phi) is 4.86. The van der Waals surface area contributed by atoms with E-state index < -0.39 is 0 Å². The van der Waals surface area contributed by atoms with Crippen LogP contribution in [0.25, 0.3) is 17.1 Å². The van der Waals surface area contributed by atoms with E-state index in [2.05, 4.69) is 38.7 Å². The molecule has 0 N–H and O–H groups in total. The van der Waals surface area contributed by atoms with Crippen LogP contribution in [0.3, 0.4) is 0 Å². The van der Waals surface area contributed by atoms with E-state index in [9.17, 15) is 0 Å². The summed E-state index contributed by atoms with van der Waals surface area (Å²) < 4.78 is 7.35. The van der Waals surface area contributed by atoms with Crippen LogP contribution in [0, 0.1) is 0 Å². The molecule has 24 heavy (non-hydrogen) atoms. The number of benzene rings is 1. The fourth-order valence-corrected chi connectivity index (χ4v) is 2.49. The first kappa shape index (κ1) is 16.1. The fraction of sp³-hybridized carbons (Fsp3) is 0.278. The first-order chi connectivity index (χ1) is 11.7. The SMILES string of the molecule is COc1ccc(-n2c(CCN(C)C)nnc2-c2ccncc2)cc1. The Morgan fingerprint density at radius 3 is 2.33 bits per heavy atom. The topological polar surface area (TPSA) is 56.1 Å². The molecule has 0 saturated heterocycles. The van der Waals surface area contributed by atoms with Crippen molar-refractivity contribution in [2.45, 2.75) is 6.42 Å². The minimum atomic E-state index is 0.816. The Balaban J connectivity index is 2.06. The van der Waals surface area contributed by atoms with Gasteiger partial charge < -0.3 is 9.64 Å². The van der Waals surface area contributed by atoms with Crippen LogP contribution >= 0.6 is 0 Å². The molecule has 0 saturated carbocycles. The molecule has 0 aliphatic carbocycles. The van der Waals surface area contributed by atoms with Crippen LogP contribution in [-0.2, 0) is 6.42 Å². The number of rotatable bonds is 6. The van der Waals surface area contributed by atoms with Gasteiger partial charge in [0.05, 0.1) is 7.11 Å². The van der Waals surface area contributed by atoms with Crippen LogP contribution in [0.4, 0.5) is 0 Å². The zero-order valence-electron chi connectivity index (χ0n) is 14.2. The van der Waals surface area contributed by atoms with Gasteiger partial charge in [0.1, 0.15) is 11.6 Å². The predicted molar refractivity (Wildman–Crippen MR) is 93.4 cm³/mol. The molecule has 2 aromatic heterocycles. The molecule has 0 spiro atoms. The van der Waals surface area contributed by atoms with Crippen molar-refractivity contribution in [2.75, 3.05) is 27.7 Å². The molecule has 3 aromatic rings. The van der Waals surface area contributed by atoms with Crippen LogP contribution in [-0.4, -0.2) is 52.4 Å². The highest BCUT2D eigenvalue weighted by Gasteiger charge is 2.15. The van der Waals surface area contributed by atoms with Gasteiger partial charge in [-0.1, -0.05) is 0 Å². The summed E-state index contributed by atoms with van der Waals surface area (Å²) >= 11 is 0. The third kappa shape index (κ3) is 3.44. The molecular formula is C18H21N5O. The van der Waals surface area contributed by atoms with Gasteiger partial charge in [-0.25, -0.2) is 0 Å². The number of methoxy groups -OCH3 is 1. The average Bonchev–Trinajstić information content (AvgIpc) is 3.04. The van der Waals surface area contributed by atoms with Gasteiger partial charge in [0.25, 0.3) is 0 Å². The Morgan fingerprint density at radius 1 is 1.00 bits per heavy atom. The third-order valence-corrected chi connectivity index (χ3v) is 3.78. The molecular weight excluding hydrogens is 302 g/mol. The molecule has 0 atom stereocenters. The zero-order chi connectivity index (χ0) is 16.9. The van der Waals surface area contributed by atoms with Crippen LogP contribution < -0.4 is 4.74 Å². The minimum absolute atomic E-state index is 0.816. The number of nitrogens with zero attached hydrogens (tertiary/aromatic N) is 5. The normalized spacial score (nSPS) is 11.0. The van der Waals surface area contributed by atoms with E-state index in [0.717, 1.165) is 41.6 Å². The lowest BCUT2D eigenvalue weighted by atomic mass is 10.2. The maximum Gasteiger partial charge on any atom is 0.168 e. The molecule has 0 bridgehead atoms. The molecule has 6 nitrogen and oxygen atoms in total. The van der Waals surface area contributed by atoms with E-state index in [1.165, 1.54) is 0 Å². The van der Waals surface area contributed by atoms with Crippen LogP contribution in [0.2, 0.25) is 0 Å². The smallest absolute Gasteiger partial charge is 0.168 e. The molecule has 1 aromatic carbocycles. The summed E-state index contributed by atoms with van der Waals surface area (Å²) in [7, 11) is 5.77. The molecule has 0 fully saturated rings. The number of aromatic nitrogens is 4. The van der Waals surface area contributed by atoms with Crippen LogP contribution in [0.5, 0.6) is 5.75 Å². The second-order valence-corrected chi connectivity index (χ2v) is 5.76. The molecule has 0 amide bonds. The summed E-state index contributed by atoms with van der Waals surface area (Å²) in [4.78, 5) is 6.22. The van der Waals surface area contributed by atoms with Crippen LogP contribution in [0.15, 0.2) is 48.8 Å². The molecule has 0 unspecified atom stereocenters. The summed E-state index contributed by atoms with van der Waals surface area (Å²) in [6.45, 7) is 0.907. The van der Waals surface area contributed by atoms with Crippen molar-refractivity contribution in [2.24, 2.45) is 0 Å². The highest BCUT2D eigenvalue weighted by molar-refractivity contribution is 5.58. The van der Waals surface area contributed by atoms with Gasteiger partial charge in [-0.3, -0.25) is 9.55 Å². The third-order valence-electron chi connectivity index (χ3n) is 3.78. The minimum Gasteiger partial charge on any atom is -0.497 e. The highest BCUT2D eigenvalue weighted by atomic mass is 16.5. The van der Waals surface area contributed by atoms with E-state index >= 15 is 0 Å². The summed E-state index contributed by atoms with van der Waals surface area (Å²) in [5, 5.41) is 8.84. The van der Waals surface area contributed by atoms with Gasteiger partial charge >= 0.3 is 0 Å². The van der Waals surface area contributed by atoms with E-state index in [-0.39, 0.29) is 0 Å². The van der Waals surface area contributed by atoms with E-state index in [0.29, 0.717) is 0 Å². The lowest BCUT2D eigenvalue weighted by Gasteiger charge is -2.13. The van der Waals surface area contributed by atoms with Gasteiger partial charge in [-0.15, -0.1) is 10.2 Å². The molecule has 0 aliphatic heterocycles. The number of likely N-dealkylation sites (N-methyl/N-ethyl adjacent to an activating group) is 1. The Morgan fingerprint density at radius 2 is 1.71 bits per heavy atom. The maximum atomic E-state index is 5.26. The highest BCUT2D eigenvalue weighted by Crippen LogP contribution is 2.24. The summed E-state index contributed by atoms with van der Waals surface area (Å²) in [6.07, 6.45) is 4.35. The van der Waals surface area contributed by atoms with Gasteiger partial charge in [-0.05, 0) is 50.5 Å². The van der Waals surface area contributed by atoms with Gasteiger partial charge in [-0.2, -0.15) is 0 Å². The van der Waals surface area contributed by atoms with Crippen molar-refractivity contribution in [3.63, 3.8) is 0 Å². The second kappa shape index (κ2) is 7.23. The van der Waals surface area contributed by atoms with Gasteiger partial charge in [0.15, 0.2) is 5.82 Å². The monoisotopic (exact) mass is 323 g/mol. The lowest BCUT2D eigenvalue weighted by Crippen LogP contribution is -2.17. The maximum absolute atomic E-state index is 5.26. The molecule has 0 radical (unpaired) electrons. The van der Waals surface area contributed by atoms with Crippen molar-refractivity contribution in [3.05, 3.63) is 54.6 Å². The van der Waals surface area contributed by atoms with Crippen LogP contribution in [0.1, 0.15) is 5.82 Å². The Labute approximate surface area is 141 Å². The molecule has 124 valence electrons. The van der Waals surface area contributed by atoms with E-state index in [1.807, 2.05) is 36.4 Å². The standard InChI is InChI=1S/C18H21N5O/c1-22(2)13-10-17-20-21-18(14-8-11-19-12-9-14)23(17)15-4-6-16(24-3)7-5-15/h4-9,11-12H,10,13H2,1-3H3. The molecule has 6 heteroatoms. The summed E-state index contributed by atoms with van der Waals surface area (Å²) in [5.41, 5.74) is 2.01. The predicted octanol–water partition coefficient (Wildman–Crippen LogP) is 2.44. The lowest BCUT2D eigenvalue weighted by molar-refractivity contribution is 0.408. The van der Waals surface area contributed by atoms with Crippen molar-refractivity contribution >= 4 is 0 Å². The molecule has 2 heterocycles. The summed E-state index contributed by atoms with van der Waals surface area (Å²) in [6, 6.07) is 11.8. The second-order valence-electron chi connectivity index (χ2n) is 5.76. The van der Waals surface area contributed by atoms with Crippen molar-refractivity contribution < 1.29 is 4.74 Å². The summed E-state index contributed by atoms with van der Waals surface area (Å²) in [5.74, 6) is 2.57. The quantitative estimate of drug-likeness (QED) is 0.697. The fourth-order valence-electron chi connectivity index (χ4n) is 2.49. The molecule has 0 aliphatic rings. The first-order valence-electron chi connectivity index (χ1n) is 7.83. The largest absolute Gasteiger partial charge is 0.497 e. The number of hydrogen-bond donors (Lipinski definition) is 0. The molecule has 3 rings (SSSR count). The Bertz CT molecular complexity index is 781. The van der Waals surface area contributed by atoms with Crippen molar-refractivity contribution in [1.29, 1.82) is 0 Å². The number of ether oxygens (including phenoxy) is 1. The van der Waals surface area contributed by atoms with E-state index in [1.54, 1.807) is 19.5 Å². The van der Waals surface area contributed by atoms with Gasteiger partial charge in [0.2, 0.25) is 0 Å². The van der Waals surface area contributed by atoms with E-state index in [4.69, 9.17) is 4.74 Å². The van der Waals surface area contributed by atoms with Crippen molar-refractivity contribution in [3.8, 4) is 22.8 Å². The van der Waals surface area contributed by atoms with Gasteiger partial charge in [0, 0.05) is 36.6 Å². The zero-order valence-corrected chi connectivity index (χ0v) is 14.2.